The number of hydrogen-bond acceptors (Lipinski definition) is 4. The molecule has 2 aromatic rings. The van der Waals surface area contributed by atoms with Crippen molar-refractivity contribution in [3.05, 3.63) is 65.2 Å². The van der Waals surface area contributed by atoms with Crippen LogP contribution in [0.2, 0.25) is 0 Å². The second-order valence-electron chi connectivity index (χ2n) is 9.53. The van der Waals surface area contributed by atoms with Crippen LogP contribution in [0.3, 0.4) is 0 Å². The molecule has 2 fully saturated rings. The normalized spacial score (nSPS) is 21.4. The highest BCUT2D eigenvalue weighted by Gasteiger charge is 2.45. The summed E-state index contributed by atoms with van der Waals surface area (Å²) in [5.41, 5.74) is 2.34. The molecule has 2 saturated heterocycles. The van der Waals surface area contributed by atoms with Crippen LogP contribution in [0.5, 0.6) is 5.75 Å². The molecular formula is C27H30N2O4. The Morgan fingerprint density at radius 1 is 0.970 bits per heavy atom. The molecule has 0 N–H and O–H groups in total. The minimum atomic E-state index is -0.342. The minimum Gasteiger partial charge on any atom is -0.494 e. The average Bonchev–Trinajstić information content (AvgIpc) is 3.41. The Hall–Kier alpha value is -3.15. The maximum atomic E-state index is 13.3. The summed E-state index contributed by atoms with van der Waals surface area (Å²) in [6.45, 7) is 5.41. The standard InChI is InChI=1S/C27H30N2O4/c1-2-33-20-9-7-19(8-10-20)25(31)28-14-11-27(12-15-28)13-16-29(18-27)26(32)23-17-24(30)22-6-4-3-5-21(22)23/h3-10,23H,2,11-18H2,1H3. The van der Waals surface area contributed by atoms with Gasteiger partial charge < -0.3 is 14.5 Å². The molecule has 2 heterocycles. The van der Waals surface area contributed by atoms with E-state index in [4.69, 9.17) is 4.74 Å². The fraction of sp³-hybridized carbons (Fsp3) is 0.444. The lowest BCUT2D eigenvalue weighted by Crippen LogP contribution is -2.45. The second-order valence-corrected chi connectivity index (χ2v) is 9.53. The summed E-state index contributed by atoms with van der Waals surface area (Å²) in [7, 11) is 0. The number of ketones is 1. The summed E-state index contributed by atoms with van der Waals surface area (Å²) in [6.07, 6.45) is 3.05. The van der Waals surface area contributed by atoms with E-state index >= 15 is 0 Å². The van der Waals surface area contributed by atoms with Crippen molar-refractivity contribution < 1.29 is 19.1 Å². The van der Waals surface area contributed by atoms with Gasteiger partial charge in [-0.2, -0.15) is 0 Å². The summed E-state index contributed by atoms with van der Waals surface area (Å²) in [5.74, 6) is 0.635. The molecule has 2 aliphatic heterocycles. The predicted molar refractivity (Wildman–Crippen MR) is 125 cm³/mol. The Morgan fingerprint density at radius 2 is 1.64 bits per heavy atom. The van der Waals surface area contributed by atoms with E-state index in [0.29, 0.717) is 30.8 Å². The molecule has 5 rings (SSSR count). The third-order valence-electron chi connectivity index (χ3n) is 7.60. The number of hydrogen-bond donors (Lipinski definition) is 0. The van der Waals surface area contributed by atoms with Gasteiger partial charge in [-0.25, -0.2) is 0 Å². The predicted octanol–water partition coefficient (Wildman–Crippen LogP) is 3.91. The van der Waals surface area contributed by atoms with Gasteiger partial charge >= 0.3 is 0 Å². The number of fused-ring (bicyclic) bond motifs is 1. The molecule has 33 heavy (non-hydrogen) atoms. The van der Waals surface area contributed by atoms with Crippen LogP contribution < -0.4 is 4.74 Å². The molecule has 0 saturated carbocycles. The molecule has 1 aliphatic carbocycles. The zero-order valence-corrected chi connectivity index (χ0v) is 19.1. The average molecular weight is 447 g/mol. The number of likely N-dealkylation sites (tertiary alicyclic amines) is 2. The largest absolute Gasteiger partial charge is 0.494 e. The Bertz CT molecular complexity index is 1070. The van der Waals surface area contributed by atoms with E-state index in [2.05, 4.69) is 0 Å². The number of piperidine rings is 1. The van der Waals surface area contributed by atoms with E-state index in [1.54, 1.807) is 0 Å². The van der Waals surface area contributed by atoms with Crippen LogP contribution in [0.4, 0.5) is 0 Å². The Balaban J connectivity index is 1.20. The smallest absolute Gasteiger partial charge is 0.253 e. The summed E-state index contributed by atoms with van der Waals surface area (Å²) in [5, 5.41) is 0. The SMILES string of the molecule is CCOc1ccc(C(=O)N2CCC3(CC2)CCN(C(=O)C2CC(=O)c4ccccc42)C3)cc1. The van der Waals surface area contributed by atoms with Crippen LogP contribution in [-0.4, -0.2) is 60.2 Å². The number of carbonyl (C=O) groups excluding carboxylic acids is 3. The van der Waals surface area contributed by atoms with Crippen LogP contribution in [0.15, 0.2) is 48.5 Å². The number of rotatable bonds is 4. The second kappa shape index (κ2) is 8.65. The van der Waals surface area contributed by atoms with Gasteiger partial charge in [0.05, 0.1) is 12.5 Å². The first-order chi connectivity index (χ1) is 16.0. The molecule has 0 radical (unpaired) electrons. The molecule has 0 bridgehead atoms. The van der Waals surface area contributed by atoms with Gasteiger partial charge in [0.25, 0.3) is 5.91 Å². The van der Waals surface area contributed by atoms with E-state index in [9.17, 15) is 14.4 Å². The fourth-order valence-electron chi connectivity index (χ4n) is 5.66. The topological polar surface area (TPSA) is 66.9 Å². The summed E-state index contributed by atoms with van der Waals surface area (Å²) < 4.78 is 5.47. The van der Waals surface area contributed by atoms with Crippen molar-refractivity contribution in [2.75, 3.05) is 32.8 Å². The summed E-state index contributed by atoms with van der Waals surface area (Å²) >= 11 is 0. The highest BCUT2D eigenvalue weighted by Crippen LogP contribution is 2.43. The molecule has 2 amide bonds. The van der Waals surface area contributed by atoms with Gasteiger partial charge in [-0.05, 0) is 61.4 Å². The van der Waals surface area contributed by atoms with Gasteiger partial charge in [0, 0.05) is 43.7 Å². The van der Waals surface area contributed by atoms with Crippen molar-refractivity contribution in [3.63, 3.8) is 0 Å². The van der Waals surface area contributed by atoms with Gasteiger partial charge in [0.15, 0.2) is 5.78 Å². The number of nitrogens with zero attached hydrogens (tertiary/aromatic N) is 2. The lowest BCUT2D eigenvalue weighted by atomic mass is 9.77. The highest BCUT2D eigenvalue weighted by atomic mass is 16.5. The van der Waals surface area contributed by atoms with Gasteiger partial charge in [-0.1, -0.05) is 24.3 Å². The summed E-state index contributed by atoms with van der Waals surface area (Å²) in [4.78, 5) is 42.5. The van der Waals surface area contributed by atoms with Gasteiger partial charge in [-0.3, -0.25) is 14.4 Å². The quantitative estimate of drug-likeness (QED) is 0.714. The van der Waals surface area contributed by atoms with Crippen LogP contribution in [0, 0.1) is 5.41 Å². The molecule has 6 nitrogen and oxygen atoms in total. The zero-order valence-electron chi connectivity index (χ0n) is 19.1. The number of amides is 2. The number of carbonyl (C=O) groups is 3. The zero-order chi connectivity index (χ0) is 23.0. The molecule has 1 atom stereocenters. The van der Waals surface area contributed by atoms with E-state index < -0.39 is 0 Å². The first kappa shape index (κ1) is 21.7. The Morgan fingerprint density at radius 3 is 2.33 bits per heavy atom. The van der Waals surface area contributed by atoms with E-state index in [-0.39, 0.29) is 35.4 Å². The number of benzene rings is 2. The lowest BCUT2D eigenvalue weighted by Gasteiger charge is -2.39. The molecule has 1 unspecified atom stereocenters. The van der Waals surface area contributed by atoms with Crippen LogP contribution in [0.25, 0.3) is 0 Å². The van der Waals surface area contributed by atoms with E-state index in [0.717, 1.165) is 43.7 Å². The molecule has 3 aliphatic rings. The number of ether oxygens (including phenoxy) is 1. The molecule has 0 aromatic heterocycles. The fourth-order valence-corrected chi connectivity index (χ4v) is 5.66. The van der Waals surface area contributed by atoms with Gasteiger partial charge in [0.2, 0.25) is 5.91 Å². The van der Waals surface area contributed by atoms with Crippen molar-refractivity contribution >= 4 is 17.6 Å². The van der Waals surface area contributed by atoms with Gasteiger partial charge in [-0.15, -0.1) is 0 Å². The molecule has 172 valence electrons. The summed E-state index contributed by atoms with van der Waals surface area (Å²) in [6, 6.07) is 14.8. The monoisotopic (exact) mass is 446 g/mol. The molecule has 6 heteroatoms. The van der Waals surface area contributed by atoms with E-state index in [1.807, 2.05) is 65.3 Å². The van der Waals surface area contributed by atoms with Crippen molar-refractivity contribution in [2.24, 2.45) is 5.41 Å². The van der Waals surface area contributed by atoms with Crippen LogP contribution >= 0.6 is 0 Å². The molecule has 2 aromatic carbocycles. The third kappa shape index (κ3) is 4.03. The minimum absolute atomic E-state index is 0.0555. The van der Waals surface area contributed by atoms with E-state index in [1.165, 1.54) is 0 Å². The Labute approximate surface area is 194 Å². The van der Waals surface area contributed by atoms with Crippen molar-refractivity contribution in [3.8, 4) is 5.75 Å². The van der Waals surface area contributed by atoms with Crippen molar-refractivity contribution in [1.82, 2.24) is 9.80 Å². The Kier molecular flexibility index (Phi) is 5.69. The third-order valence-corrected chi connectivity index (χ3v) is 7.60. The first-order valence-corrected chi connectivity index (χ1v) is 11.9. The van der Waals surface area contributed by atoms with Crippen molar-refractivity contribution in [1.29, 1.82) is 0 Å². The first-order valence-electron chi connectivity index (χ1n) is 11.9. The molecular weight excluding hydrogens is 416 g/mol. The van der Waals surface area contributed by atoms with Gasteiger partial charge in [0.1, 0.15) is 5.75 Å². The van der Waals surface area contributed by atoms with Crippen LogP contribution in [0.1, 0.15) is 64.8 Å². The highest BCUT2D eigenvalue weighted by molar-refractivity contribution is 6.06. The van der Waals surface area contributed by atoms with Crippen molar-refractivity contribution in [2.45, 2.75) is 38.5 Å². The number of Topliss-reactive ketones (excluding diaryl/α,β-unsaturated/α-hetero) is 1. The maximum Gasteiger partial charge on any atom is 0.253 e. The maximum absolute atomic E-state index is 13.3. The van der Waals surface area contributed by atoms with Crippen LogP contribution in [-0.2, 0) is 4.79 Å². The lowest BCUT2D eigenvalue weighted by molar-refractivity contribution is -0.132. The molecule has 1 spiro atoms.